The van der Waals surface area contributed by atoms with Gasteiger partial charge < -0.3 is 15.3 Å². The molecule has 0 aliphatic heterocycles. The Bertz CT molecular complexity index is 314. The Hall–Kier alpha value is 0.0131. The molecule has 0 aromatic heterocycles. The average Bonchev–Trinajstić information content (AvgIpc) is 2.12. The van der Waals surface area contributed by atoms with Crippen LogP contribution in [0, 0.1) is 10.8 Å². The Morgan fingerprint density at radius 3 is 1.43 bits per heavy atom. The van der Waals surface area contributed by atoms with Gasteiger partial charge in [0, 0.05) is 31.6 Å². The Morgan fingerprint density at radius 2 is 1.29 bits per heavy atom. The first-order valence-corrected chi connectivity index (χ1v) is 7.01. The van der Waals surface area contributed by atoms with Crippen molar-refractivity contribution in [2.45, 2.75) is 74.0 Å². The van der Waals surface area contributed by atoms with E-state index in [0.29, 0.717) is 6.42 Å². The Labute approximate surface area is 148 Å². The molecule has 4 nitrogen and oxygen atoms in total. The molecule has 4 N–H and O–H groups in total. The van der Waals surface area contributed by atoms with E-state index in [2.05, 4.69) is 0 Å². The normalized spacial score (nSPS) is 15.2. The molecule has 0 radical (unpaired) electrons. The van der Waals surface area contributed by atoms with Crippen LogP contribution in [0.1, 0.15) is 61.8 Å². The smallest absolute Gasteiger partial charge is 0.325 e. The molecule has 5 heteroatoms. The van der Waals surface area contributed by atoms with Gasteiger partial charge in [-0.05, 0) is 41.0 Å². The number of aliphatic hydroxyl groups excluding tert-OH is 3. The zero-order chi connectivity index (χ0) is 16.7. The number of ketones is 1. The van der Waals surface area contributed by atoms with E-state index in [0.717, 1.165) is 0 Å². The zero-order valence-electron chi connectivity index (χ0n) is 14.7. The molecule has 0 bridgehead atoms. The number of hydrogen-bond donors (Lipinski definition) is 3. The SMILES string of the molecule is CC(C)(C)C(=[OH+])/C=C(\O)C(C)(C)C.CC(O)CC(C)O.[Zr]. The van der Waals surface area contributed by atoms with E-state index < -0.39 is 0 Å². The van der Waals surface area contributed by atoms with Crippen molar-refractivity contribution in [3.05, 3.63) is 11.8 Å². The van der Waals surface area contributed by atoms with Crippen molar-refractivity contribution >= 4 is 5.78 Å². The summed E-state index contributed by atoms with van der Waals surface area (Å²) in [4.78, 5) is 9.60. The van der Waals surface area contributed by atoms with Gasteiger partial charge in [-0.3, -0.25) is 4.79 Å². The van der Waals surface area contributed by atoms with Gasteiger partial charge >= 0.3 is 5.78 Å². The number of carbonyl (C=O) groups excluding carboxylic acids is 1. The van der Waals surface area contributed by atoms with Crippen molar-refractivity contribution in [3.63, 3.8) is 0 Å². The topological polar surface area (TPSA) is 82.1 Å². The van der Waals surface area contributed by atoms with Crippen LogP contribution in [-0.4, -0.2) is 38.1 Å². The van der Waals surface area contributed by atoms with Gasteiger partial charge in [0.1, 0.15) is 5.76 Å². The fourth-order valence-electron chi connectivity index (χ4n) is 1.06. The number of rotatable bonds is 3. The molecule has 0 saturated carbocycles. The summed E-state index contributed by atoms with van der Waals surface area (Å²) >= 11 is 0. The van der Waals surface area contributed by atoms with Crippen molar-refractivity contribution in [2.75, 3.05) is 0 Å². The standard InChI is InChI=1S/C11H20O2.C5H12O2.Zr/c1-10(2,3)8(12)7-9(13)11(4,5)6;1-4(6)3-5(2)7;/h7,12H,1-6H3;4-7H,3H2,1-2H3;/p+1/b8-7-;;. The van der Waals surface area contributed by atoms with E-state index in [1.165, 1.54) is 6.08 Å². The second-order valence-corrected chi connectivity index (χ2v) is 7.35. The first-order chi connectivity index (χ1) is 8.67. The molecule has 21 heavy (non-hydrogen) atoms. The van der Waals surface area contributed by atoms with Crippen molar-refractivity contribution in [2.24, 2.45) is 10.8 Å². The summed E-state index contributed by atoms with van der Waals surface area (Å²) in [7, 11) is 0. The summed E-state index contributed by atoms with van der Waals surface area (Å²) in [5, 5.41) is 26.7. The van der Waals surface area contributed by atoms with E-state index in [1.807, 2.05) is 41.5 Å². The number of hydrogen-bond acceptors (Lipinski definition) is 3. The summed E-state index contributed by atoms with van der Waals surface area (Å²) in [5.74, 6) is 0.417. The minimum Gasteiger partial charge on any atom is -0.511 e. The number of allylic oxidation sites excluding steroid dienone is 2. The zero-order valence-corrected chi connectivity index (χ0v) is 17.2. The molecule has 0 saturated heterocycles. The molecule has 124 valence electrons. The third-order valence-corrected chi connectivity index (χ3v) is 2.49. The largest absolute Gasteiger partial charge is 0.511 e. The van der Waals surface area contributed by atoms with Crippen LogP contribution in [0.25, 0.3) is 0 Å². The molecule has 0 spiro atoms. The third kappa shape index (κ3) is 16.2. The summed E-state index contributed by atoms with van der Waals surface area (Å²) in [6.07, 6.45) is 1.17. The second-order valence-electron chi connectivity index (χ2n) is 7.35. The van der Waals surface area contributed by atoms with Gasteiger partial charge in [0.05, 0.1) is 23.7 Å². The molecule has 0 heterocycles. The molecular weight excluding hydrogens is 347 g/mol. The Balaban J connectivity index is -0.000000347. The van der Waals surface area contributed by atoms with Crippen molar-refractivity contribution < 1.29 is 46.3 Å². The molecule has 2 unspecified atom stereocenters. The van der Waals surface area contributed by atoms with Gasteiger partial charge in [-0.25, -0.2) is 0 Å². The Morgan fingerprint density at radius 1 is 0.952 bits per heavy atom. The molecule has 2 atom stereocenters. The van der Waals surface area contributed by atoms with Gasteiger partial charge in [-0.2, -0.15) is 0 Å². The first-order valence-electron chi connectivity index (χ1n) is 7.01. The van der Waals surface area contributed by atoms with Crippen LogP contribution in [0.4, 0.5) is 0 Å². The van der Waals surface area contributed by atoms with Gasteiger partial charge in [0.2, 0.25) is 0 Å². The summed E-state index contributed by atoms with van der Waals surface area (Å²) in [6.45, 7) is 14.7. The van der Waals surface area contributed by atoms with Crippen molar-refractivity contribution in [1.29, 1.82) is 0 Å². The van der Waals surface area contributed by atoms with Crippen LogP contribution in [0.3, 0.4) is 0 Å². The van der Waals surface area contributed by atoms with Gasteiger partial charge in [-0.15, -0.1) is 0 Å². The van der Waals surface area contributed by atoms with Crippen LogP contribution < -0.4 is 0 Å². The van der Waals surface area contributed by atoms with E-state index in [4.69, 9.17) is 10.2 Å². The fourth-order valence-corrected chi connectivity index (χ4v) is 1.06. The van der Waals surface area contributed by atoms with Crippen LogP contribution in [-0.2, 0) is 26.2 Å². The molecule has 0 aromatic rings. The first kappa shape index (κ1) is 25.9. The maximum atomic E-state index is 9.60. The van der Waals surface area contributed by atoms with Crippen LogP contribution in [0.2, 0.25) is 0 Å². The van der Waals surface area contributed by atoms with Crippen LogP contribution >= 0.6 is 0 Å². The maximum absolute atomic E-state index is 9.60. The minimum atomic E-state index is -0.375. The van der Waals surface area contributed by atoms with E-state index >= 15 is 0 Å². The fraction of sp³-hybridized carbons (Fsp3) is 0.812. The predicted octanol–water partition coefficient (Wildman–Crippen LogP) is 3.20. The van der Waals surface area contributed by atoms with Crippen LogP contribution in [0.15, 0.2) is 11.8 Å². The Kier molecular flexibility index (Phi) is 13.2. The molecule has 0 amide bonds. The van der Waals surface area contributed by atoms with Crippen molar-refractivity contribution in [3.8, 4) is 0 Å². The van der Waals surface area contributed by atoms with E-state index in [9.17, 15) is 9.90 Å². The monoisotopic (exact) mass is 379 g/mol. The van der Waals surface area contributed by atoms with Crippen LogP contribution in [0.5, 0.6) is 0 Å². The van der Waals surface area contributed by atoms with Gasteiger partial charge in [-0.1, -0.05) is 20.8 Å². The summed E-state index contributed by atoms with van der Waals surface area (Å²) < 4.78 is 0. The molecule has 0 aliphatic carbocycles. The number of aliphatic hydroxyl groups is 3. The van der Waals surface area contributed by atoms with E-state index in [-0.39, 0.29) is 60.8 Å². The molecule has 0 aliphatic rings. The second kappa shape index (κ2) is 10.7. The molecular formula is C16H33O4Zr+. The van der Waals surface area contributed by atoms with Crippen molar-refractivity contribution in [1.82, 2.24) is 0 Å². The minimum absolute atomic E-state index is 0. The third-order valence-electron chi connectivity index (χ3n) is 2.49. The molecule has 0 rings (SSSR count). The molecule has 0 aromatic carbocycles. The van der Waals surface area contributed by atoms with Gasteiger partial charge in [0.15, 0.2) is 0 Å². The summed E-state index contributed by atoms with van der Waals surface area (Å²) in [5.41, 5.74) is -0.613. The maximum Gasteiger partial charge on any atom is 0.325 e. The summed E-state index contributed by atoms with van der Waals surface area (Å²) in [6, 6.07) is 0. The quantitative estimate of drug-likeness (QED) is 0.399. The average molecular weight is 381 g/mol. The van der Waals surface area contributed by atoms with E-state index in [1.54, 1.807) is 13.8 Å². The molecule has 0 fully saturated rings. The van der Waals surface area contributed by atoms with Gasteiger partial charge in [0.25, 0.3) is 0 Å². The predicted molar refractivity (Wildman–Crippen MR) is 84.5 cm³/mol.